The minimum absolute atomic E-state index is 0.217. The second-order valence-corrected chi connectivity index (χ2v) is 11.2. The zero-order chi connectivity index (χ0) is 27.7. The molecule has 2 heterocycles. The van der Waals surface area contributed by atoms with Crippen molar-refractivity contribution in [3.05, 3.63) is 11.1 Å². The van der Waals surface area contributed by atoms with Gasteiger partial charge in [-0.05, 0) is 44.9 Å². The monoisotopic (exact) mass is 536 g/mol. The molecule has 1 aliphatic carbocycles. The van der Waals surface area contributed by atoms with Gasteiger partial charge in [0.15, 0.2) is 12.6 Å². The van der Waals surface area contributed by atoms with Crippen LogP contribution in [-0.2, 0) is 18.9 Å². The Morgan fingerprint density at radius 3 is 2.03 bits per heavy atom. The summed E-state index contributed by atoms with van der Waals surface area (Å²) in [5.41, 5.74) is 2.18. The molecule has 0 aromatic carbocycles. The van der Waals surface area contributed by atoms with Crippen molar-refractivity contribution in [1.82, 2.24) is 0 Å². The van der Waals surface area contributed by atoms with Crippen LogP contribution in [-0.4, -0.2) is 128 Å². The maximum Gasteiger partial charge on any atom is 0.186 e. The molecule has 0 radical (unpaired) electrons. The van der Waals surface area contributed by atoms with Gasteiger partial charge in [-0.15, -0.1) is 0 Å². The molecule has 0 saturated carbocycles. The van der Waals surface area contributed by atoms with Crippen molar-refractivity contribution in [2.24, 2.45) is 5.41 Å². The van der Waals surface area contributed by atoms with E-state index in [2.05, 4.69) is 13.8 Å². The summed E-state index contributed by atoms with van der Waals surface area (Å²) in [6, 6.07) is 0. The minimum atomic E-state index is -1.64. The molecule has 2 saturated heterocycles. The molecule has 0 aromatic rings. The Morgan fingerprint density at radius 1 is 0.892 bits per heavy atom. The van der Waals surface area contributed by atoms with Crippen LogP contribution in [0.3, 0.4) is 0 Å². The first-order valence-corrected chi connectivity index (χ1v) is 12.9. The van der Waals surface area contributed by atoms with Crippen molar-refractivity contribution in [3.8, 4) is 0 Å². The topological polar surface area (TPSA) is 199 Å². The summed E-state index contributed by atoms with van der Waals surface area (Å²) < 4.78 is 22.6. The normalized spacial score (nSPS) is 43.6. The Morgan fingerprint density at radius 2 is 1.46 bits per heavy atom. The van der Waals surface area contributed by atoms with E-state index < -0.39 is 80.7 Å². The number of ether oxygens (including phenoxy) is 4. The van der Waals surface area contributed by atoms with Crippen LogP contribution in [0.1, 0.15) is 53.4 Å². The smallest absolute Gasteiger partial charge is 0.186 e. The van der Waals surface area contributed by atoms with Crippen LogP contribution in [0.25, 0.3) is 0 Å². The number of aliphatic hydroxyl groups is 8. The van der Waals surface area contributed by atoms with Crippen molar-refractivity contribution in [2.75, 3.05) is 13.2 Å². The van der Waals surface area contributed by atoms with E-state index in [9.17, 15) is 40.9 Å². The highest BCUT2D eigenvalue weighted by Gasteiger charge is 2.48. The number of hydrogen-bond acceptors (Lipinski definition) is 12. The van der Waals surface area contributed by atoms with E-state index in [4.69, 9.17) is 18.9 Å². The van der Waals surface area contributed by atoms with Gasteiger partial charge in [0.05, 0.1) is 25.4 Å². The highest BCUT2D eigenvalue weighted by atomic mass is 16.7. The largest absolute Gasteiger partial charge is 0.394 e. The van der Waals surface area contributed by atoms with E-state index in [1.807, 2.05) is 6.92 Å². The van der Waals surface area contributed by atoms with Gasteiger partial charge in [0.25, 0.3) is 0 Å². The van der Waals surface area contributed by atoms with Crippen molar-refractivity contribution < 1.29 is 59.8 Å². The van der Waals surface area contributed by atoms with Gasteiger partial charge in [0.2, 0.25) is 0 Å². The van der Waals surface area contributed by atoms with Gasteiger partial charge in [-0.2, -0.15) is 0 Å². The maximum absolute atomic E-state index is 10.5. The first-order valence-electron chi connectivity index (χ1n) is 12.9. The summed E-state index contributed by atoms with van der Waals surface area (Å²) in [5, 5.41) is 80.5. The molecular weight excluding hydrogens is 492 g/mol. The molecule has 12 unspecified atom stereocenters. The molecule has 216 valence electrons. The Hall–Kier alpha value is -0.740. The molecule has 2 aliphatic heterocycles. The fourth-order valence-corrected chi connectivity index (χ4v) is 5.56. The van der Waals surface area contributed by atoms with E-state index in [-0.39, 0.29) is 11.5 Å². The highest BCUT2D eigenvalue weighted by molar-refractivity contribution is 5.24. The molecule has 0 spiro atoms. The van der Waals surface area contributed by atoms with Gasteiger partial charge in [-0.25, -0.2) is 0 Å². The van der Waals surface area contributed by atoms with E-state index in [1.54, 1.807) is 6.92 Å². The van der Waals surface area contributed by atoms with E-state index >= 15 is 0 Å². The number of rotatable bonds is 9. The molecule has 8 N–H and O–H groups in total. The Kier molecular flexibility index (Phi) is 10.5. The number of hydrogen-bond donors (Lipinski definition) is 8. The number of allylic oxidation sites excluding steroid dienone is 1. The molecule has 3 aliphatic rings. The Labute approximate surface area is 217 Å². The van der Waals surface area contributed by atoms with Crippen LogP contribution in [0, 0.1) is 5.41 Å². The zero-order valence-corrected chi connectivity index (χ0v) is 21.9. The average Bonchev–Trinajstić information content (AvgIpc) is 2.82. The fraction of sp³-hybridized carbons (Fsp3) is 0.920. The molecule has 37 heavy (non-hydrogen) atoms. The van der Waals surface area contributed by atoms with Crippen LogP contribution in [0.5, 0.6) is 0 Å². The van der Waals surface area contributed by atoms with Gasteiger partial charge in [0, 0.05) is 0 Å². The molecule has 12 atom stereocenters. The summed E-state index contributed by atoms with van der Waals surface area (Å²) in [7, 11) is 0. The van der Waals surface area contributed by atoms with Gasteiger partial charge >= 0.3 is 0 Å². The van der Waals surface area contributed by atoms with Crippen molar-refractivity contribution in [2.45, 2.75) is 127 Å². The first-order chi connectivity index (χ1) is 17.3. The van der Waals surface area contributed by atoms with Crippen LogP contribution in [0.2, 0.25) is 0 Å². The van der Waals surface area contributed by atoms with Crippen LogP contribution < -0.4 is 0 Å². The van der Waals surface area contributed by atoms with Gasteiger partial charge in [-0.3, -0.25) is 0 Å². The molecule has 2 fully saturated rings. The van der Waals surface area contributed by atoms with Gasteiger partial charge in [-0.1, -0.05) is 25.0 Å². The molecule has 0 aromatic heterocycles. The fourth-order valence-electron chi connectivity index (χ4n) is 5.56. The maximum atomic E-state index is 10.5. The molecule has 3 rings (SSSR count). The van der Waals surface area contributed by atoms with Crippen LogP contribution in [0.15, 0.2) is 11.1 Å². The third-order valence-electron chi connectivity index (χ3n) is 7.68. The number of aliphatic hydroxyl groups excluding tert-OH is 8. The molecular formula is C25H44O12. The van der Waals surface area contributed by atoms with E-state index in [0.29, 0.717) is 19.3 Å². The zero-order valence-electron chi connectivity index (χ0n) is 21.9. The minimum Gasteiger partial charge on any atom is -0.394 e. The third-order valence-corrected chi connectivity index (χ3v) is 7.68. The lowest BCUT2D eigenvalue weighted by Gasteiger charge is -2.45. The lowest BCUT2D eigenvalue weighted by atomic mass is 9.70. The summed E-state index contributed by atoms with van der Waals surface area (Å²) in [6.07, 6.45) is -12.6. The van der Waals surface area contributed by atoms with Crippen molar-refractivity contribution >= 4 is 0 Å². The van der Waals surface area contributed by atoms with E-state index in [1.165, 1.54) is 5.57 Å². The summed E-state index contributed by atoms with van der Waals surface area (Å²) in [4.78, 5) is 0. The highest BCUT2D eigenvalue weighted by Crippen LogP contribution is 2.44. The van der Waals surface area contributed by atoms with Crippen molar-refractivity contribution in [3.63, 3.8) is 0 Å². The van der Waals surface area contributed by atoms with Gasteiger partial charge in [0.1, 0.15) is 48.8 Å². The van der Waals surface area contributed by atoms with Crippen LogP contribution >= 0.6 is 0 Å². The first kappa shape index (κ1) is 30.8. The Bertz CT molecular complexity index is 771. The summed E-state index contributed by atoms with van der Waals surface area (Å²) in [5.74, 6) is 0. The Balaban J connectivity index is 1.64. The standard InChI is InChI=1S/C25H44O12/c1-11-7-13(8-25(3,4)14(11)6-5-12(2)27)35-24-22(33)20(31)18(29)16(37-24)10-34-23-21(32)19(30)17(28)15(9-26)36-23/h12-13,15-24,26-33H,5-10H2,1-4H3. The second-order valence-electron chi connectivity index (χ2n) is 11.2. The predicted octanol–water partition coefficient (Wildman–Crippen LogP) is -1.71. The summed E-state index contributed by atoms with van der Waals surface area (Å²) >= 11 is 0. The SMILES string of the molecule is CC1=C(CCC(C)O)C(C)(C)CC(OC2OC(COC3OC(CO)C(O)C(O)C3O)C(O)C(O)C2O)C1. The molecule has 0 bridgehead atoms. The third kappa shape index (κ3) is 7.07. The van der Waals surface area contributed by atoms with Crippen LogP contribution in [0.4, 0.5) is 0 Å². The quantitative estimate of drug-likeness (QED) is 0.156. The molecule has 12 nitrogen and oxygen atoms in total. The summed E-state index contributed by atoms with van der Waals surface area (Å²) in [6.45, 7) is 6.93. The second kappa shape index (κ2) is 12.6. The van der Waals surface area contributed by atoms with Gasteiger partial charge < -0.3 is 59.8 Å². The lowest BCUT2D eigenvalue weighted by Crippen LogP contribution is -2.62. The average molecular weight is 537 g/mol. The lowest BCUT2D eigenvalue weighted by molar-refractivity contribution is -0.336. The van der Waals surface area contributed by atoms with Crippen molar-refractivity contribution in [1.29, 1.82) is 0 Å². The van der Waals surface area contributed by atoms with E-state index in [0.717, 1.165) is 12.0 Å². The predicted molar refractivity (Wildman–Crippen MR) is 128 cm³/mol. The molecule has 12 heteroatoms. The molecule has 0 amide bonds.